The maximum Gasteiger partial charge on any atom is 0.551 e. The van der Waals surface area contributed by atoms with Crippen LogP contribution in [0.25, 0.3) is 0 Å². The minimum atomic E-state index is -2.76. The van der Waals surface area contributed by atoms with Crippen LogP contribution < -0.4 is 0 Å². The molecule has 0 aliphatic carbocycles. The summed E-state index contributed by atoms with van der Waals surface area (Å²) in [5, 5.41) is 0. The van der Waals surface area contributed by atoms with E-state index in [1.54, 1.807) is 0 Å². The third-order valence-corrected chi connectivity index (χ3v) is 6.46. The number of hydrogen-bond acceptors (Lipinski definition) is 4. The van der Waals surface area contributed by atoms with Crippen molar-refractivity contribution >= 4 is 79.3 Å². The van der Waals surface area contributed by atoms with Crippen molar-refractivity contribution < 1.29 is 17.7 Å². The summed E-state index contributed by atoms with van der Waals surface area (Å²) < 4.78 is 18.9. The van der Waals surface area contributed by atoms with Crippen molar-refractivity contribution in [3.8, 4) is 0 Å². The fourth-order valence-corrected chi connectivity index (χ4v) is 2.69. The molecule has 4 nitrogen and oxygen atoms in total. The lowest BCUT2D eigenvalue weighted by Gasteiger charge is -2.13. The predicted octanol–water partition coefficient (Wildman–Crippen LogP) is 2.67. The molecule has 0 heterocycles. The van der Waals surface area contributed by atoms with Crippen LogP contribution in [0.2, 0.25) is 0 Å². The second-order valence-corrected chi connectivity index (χ2v) is 12.6. The van der Waals surface area contributed by atoms with Crippen LogP contribution in [0.15, 0.2) is 0 Å². The zero-order valence-electron chi connectivity index (χ0n) is 10.9. The molecule has 0 bridgehead atoms. The molecule has 0 spiro atoms. The molecule has 18 heavy (non-hydrogen) atoms. The van der Waals surface area contributed by atoms with E-state index in [-0.39, 0.29) is 0 Å². The maximum atomic E-state index is 5.60. The van der Waals surface area contributed by atoms with Gasteiger partial charge in [-0.2, -0.15) is 11.1 Å². The Labute approximate surface area is 137 Å². The highest BCUT2D eigenvalue weighted by Crippen LogP contribution is 2.17. The molecule has 12 heteroatoms. The van der Waals surface area contributed by atoms with Crippen molar-refractivity contribution in [3.63, 3.8) is 0 Å². The van der Waals surface area contributed by atoms with Crippen LogP contribution in [0.3, 0.4) is 0 Å². The molecule has 0 atom stereocenters. The van der Waals surface area contributed by atoms with Gasteiger partial charge in [0.25, 0.3) is 0 Å². The van der Waals surface area contributed by atoms with Crippen molar-refractivity contribution in [1.82, 2.24) is 0 Å². The summed E-state index contributed by atoms with van der Waals surface area (Å²) in [6.07, 6.45) is 0. The largest absolute Gasteiger partial charge is 0.551 e. The first-order chi connectivity index (χ1) is 8.24. The molecule has 0 aliphatic rings. The molecule has 0 N–H and O–H groups in total. The molecule has 0 amide bonds. The van der Waals surface area contributed by atoms with E-state index < -0.39 is 14.4 Å². The maximum absolute atomic E-state index is 5.60. The Morgan fingerprint density at radius 1 is 0.778 bits per heavy atom. The van der Waals surface area contributed by atoms with E-state index in [2.05, 4.69) is 8.85 Å². The van der Waals surface area contributed by atoms with E-state index in [0.29, 0.717) is 13.2 Å². The van der Waals surface area contributed by atoms with Gasteiger partial charge >= 0.3 is 14.4 Å². The third-order valence-electron chi connectivity index (χ3n) is 1.10. The lowest BCUT2D eigenvalue weighted by atomic mass is 10.9. The molecule has 0 aliphatic heterocycles. The summed E-state index contributed by atoms with van der Waals surface area (Å²) in [5.41, 5.74) is 0. The van der Waals surface area contributed by atoms with Gasteiger partial charge in [-0.3, -0.25) is 0 Å². The number of hydrogen-bond donors (Lipinski definition) is 0. The van der Waals surface area contributed by atoms with E-state index in [4.69, 9.17) is 64.2 Å². The van der Waals surface area contributed by atoms with E-state index in [9.17, 15) is 0 Å². The van der Waals surface area contributed by atoms with Crippen LogP contribution in [-0.2, 0) is 17.7 Å². The molecular weight excluding hydrogens is 398 g/mol. The fraction of sp³-hybridized carbons (Fsp3) is 1.00. The Bertz CT molecular complexity index is 163. The second-order valence-electron chi connectivity index (χ2n) is 2.20. The summed E-state index contributed by atoms with van der Waals surface area (Å²) in [6, 6.07) is 0. The van der Waals surface area contributed by atoms with Crippen molar-refractivity contribution in [2.75, 3.05) is 27.4 Å². The first-order valence-electron chi connectivity index (χ1n) is 4.76. The van der Waals surface area contributed by atoms with Crippen molar-refractivity contribution in [3.05, 3.63) is 0 Å². The highest BCUT2D eigenvalue weighted by molar-refractivity contribution is 7.39. The Kier molecular flexibility index (Phi) is 21.2. The van der Waals surface area contributed by atoms with E-state index in [1.165, 1.54) is 14.2 Å². The van der Waals surface area contributed by atoms with E-state index >= 15 is 0 Å². The molecule has 0 radical (unpaired) electrons. The molecule has 0 aromatic rings. The van der Waals surface area contributed by atoms with Crippen LogP contribution in [0, 0.1) is 0 Å². The first-order valence-corrected chi connectivity index (χ1v) is 15.5. The zero-order chi connectivity index (χ0) is 15.2. The lowest BCUT2D eigenvalue weighted by molar-refractivity contribution is 0.222. The highest BCUT2D eigenvalue weighted by Gasteiger charge is 2.32. The third kappa shape index (κ3) is 20.3. The van der Waals surface area contributed by atoms with Gasteiger partial charge in [-0.15, -0.1) is 0 Å². The fourth-order valence-electron chi connectivity index (χ4n) is 0.461. The summed E-state index contributed by atoms with van der Waals surface area (Å²) in [4.78, 5) is 0. The monoisotopic (exact) mass is 414 g/mol. The highest BCUT2D eigenvalue weighted by atomic mass is 35.7. The number of rotatable bonds is 6. The summed E-state index contributed by atoms with van der Waals surface area (Å²) >= 11 is 26.7. The smallest absolute Gasteiger partial charge is 0.375 e. The SMILES string of the molecule is CCO[Si](Cl)(Cl)OCC.CO[Si](Cl)(Cl)OC.[SiH3]Cl. The van der Waals surface area contributed by atoms with Crippen molar-refractivity contribution in [2.24, 2.45) is 0 Å². The van der Waals surface area contributed by atoms with E-state index in [0.717, 1.165) is 9.55 Å². The van der Waals surface area contributed by atoms with Gasteiger partial charge in [0.15, 0.2) is 0 Å². The van der Waals surface area contributed by atoms with Crippen molar-refractivity contribution in [2.45, 2.75) is 13.8 Å². The normalized spacial score (nSPS) is 11.2. The van der Waals surface area contributed by atoms with Gasteiger partial charge in [0.2, 0.25) is 0 Å². The van der Waals surface area contributed by atoms with Gasteiger partial charge in [0.1, 0.15) is 9.55 Å². The molecule has 0 unspecified atom stereocenters. The van der Waals surface area contributed by atoms with Gasteiger partial charge in [-0.05, 0) is 13.8 Å². The Morgan fingerprint density at radius 3 is 1.17 bits per heavy atom. The Morgan fingerprint density at radius 2 is 1.06 bits per heavy atom. The first kappa shape index (κ1) is 24.9. The van der Waals surface area contributed by atoms with Gasteiger partial charge in [-0.1, -0.05) is 44.3 Å². The van der Waals surface area contributed by atoms with E-state index in [1.807, 2.05) is 13.8 Å². The molecule has 0 aromatic heterocycles. The number of halogens is 5. The molecule has 0 saturated heterocycles. The zero-order valence-corrected chi connectivity index (χ0v) is 18.7. The molecule has 114 valence electrons. The quantitative estimate of drug-likeness (QED) is 0.493. The Hall–Kier alpha value is 1.94. The van der Waals surface area contributed by atoms with Gasteiger partial charge < -0.3 is 17.7 Å². The molecular formula is C6H19Cl5O4Si3. The summed E-state index contributed by atoms with van der Waals surface area (Å²) in [7, 11) is -1.86. The van der Waals surface area contributed by atoms with Crippen LogP contribution >= 0.6 is 55.4 Å². The predicted molar refractivity (Wildman–Crippen MR) is 88.0 cm³/mol. The van der Waals surface area contributed by atoms with Gasteiger partial charge in [0.05, 0.1) is 0 Å². The Balaban J connectivity index is -0.000000225. The van der Waals surface area contributed by atoms with Crippen LogP contribution in [0.1, 0.15) is 13.8 Å². The molecule has 0 rings (SSSR count). The second kappa shape index (κ2) is 15.3. The topological polar surface area (TPSA) is 36.9 Å². The van der Waals surface area contributed by atoms with Gasteiger partial charge in [-0.25, -0.2) is 0 Å². The standard InChI is InChI=1S/C4H10Cl2O2Si.C2H6Cl2O2Si.ClH3Si/c1-3-7-9(5,6)8-4-2;1-5-7(3,4)6-2;1-2/h3-4H2,1-2H3;1-2H3;2H3. The van der Waals surface area contributed by atoms with Crippen LogP contribution in [-0.4, -0.2) is 51.3 Å². The average Bonchev–Trinajstić information content (AvgIpc) is 2.32. The van der Waals surface area contributed by atoms with Crippen LogP contribution in [0.5, 0.6) is 0 Å². The molecule has 0 aromatic carbocycles. The summed E-state index contributed by atoms with van der Waals surface area (Å²) in [6.45, 7) is 4.65. The van der Waals surface area contributed by atoms with Crippen molar-refractivity contribution in [1.29, 1.82) is 0 Å². The molecule has 0 saturated carbocycles. The molecule has 0 fully saturated rings. The minimum Gasteiger partial charge on any atom is -0.375 e. The van der Waals surface area contributed by atoms with Crippen LogP contribution in [0.4, 0.5) is 0 Å². The summed E-state index contributed by atoms with van der Waals surface area (Å²) in [5.74, 6) is 0. The van der Waals surface area contributed by atoms with Gasteiger partial charge in [0, 0.05) is 27.4 Å². The lowest BCUT2D eigenvalue weighted by Crippen LogP contribution is -2.29. The average molecular weight is 417 g/mol. The minimum absolute atomic E-state index is 0.499.